The van der Waals surface area contributed by atoms with Crippen LogP contribution in [0.4, 0.5) is 0 Å². The molecular formula is C20H22N4. The van der Waals surface area contributed by atoms with Gasteiger partial charge in [0.05, 0.1) is 5.69 Å². The number of nitrogens with zero attached hydrogens (tertiary/aromatic N) is 3. The van der Waals surface area contributed by atoms with Gasteiger partial charge in [0.2, 0.25) is 0 Å². The SMILES string of the molecule is CCc1ccc2[nH]c(-c3cc(C)c4ncnn4c3)c(C(C)C)c2c1. The molecule has 0 unspecified atom stereocenters. The summed E-state index contributed by atoms with van der Waals surface area (Å²) in [6, 6.07) is 8.93. The smallest absolute Gasteiger partial charge is 0.158 e. The van der Waals surface area contributed by atoms with Crippen LogP contribution in [0.5, 0.6) is 0 Å². The van der Waals surface area contributed by atoms with E-state index in [-0.39, 0.29) is 0 Å². The quantitative estimate of drug-likeness (QED) is 0.585. The largest absolute Gasteiger partial charge is 0.354 e. The molecule has 0 amide bonds. The molecule has 4 aromatic rings. The van der Waals surface area contributed by atoms with Crippen LogP contribution >= 0.6 is 0 Å². The lowest BCUT2D eigenvalue weighted by Crippen LogP contribution is -1.95. The highest BCUT2D eigenvalue weighted by Gasteiger charge is 2.17. The second-order valence-electron chi connectivity index (χ2n) is 6.74. The van der Waals surface area contributed by atoms with E-state index in [2.05, 4.69) is 73.2 Å². The number of hydrogen-bond acceptors (Lipinski definition) is 2. The highest BCUT2D eigenvalue weighted by Crippen LogP contribution is 2.36. The molecule has 0 radical (unpaired) electrons. The van der Waals surface area contributed by atoms with Gasteiger partial charge in [-0.15, -0.1) is 0 Å². The van der Waals surface area contributed by atoms with Gasteiger partial charge in [-0.3, -0.25) is 0 Å². The summed E-state index contributed by atoms with van der Waals surface area (Å²) >= 11 is 0. The number of nitrogens with one attached hydrogen (secondary N) is 1. The van der Waals surface area contributed by atoms with Gasteiger partial charge < -0.3 is 4.98 Å². The third-order valence-corrected chi connectivity index (χ3v) is 4.74. The van der Waals surface area contributed by atoms with Crippen LogP contribution in [0.3, 0.4) is 0 Å². The van der Waals surface area contributed by atoms with Crippen LogP contribution in [0.1, 0.15) is 43.4 Å². The van der Waals surface area contributed by atoms with E-state index >= 15 is 0 Å². The van der Waals surface area contributed by atoms with Crippen molar-refractivity contribution >= 4 is 16.6 Å². The number of aromatic nitrogens is 4. The van der Waals surface area contributed by atoms with Crippen LogP contribution in [-0.2, 0) is 6.42 Å². The number of rotatable bonds is 3. The molecule has 4 nitrogen and oxygen atoms in total. The van der Waals surface area contributed by atoms with Gasteiger partial charge in [0, 0.05) is 22.7 Å². The Bertz CT molecular complexity index is 1040. The molecule has 0 aliphatic rings. The molecule has 0 fully saturated rings. The van der Waals surface area contributed by atoms with Crippen LogP contribution in [0.2, 0.25) is 0 Å². The summed E-state index contributed by atoms with van der Waals surface area (Å²) in [5.41, 5.74) is 8.33. The normalized spacial score (nSPS) is 11.9. The van der Waals surface area contributed by atoms with Crippen molar-refractivity contribution in [3.63, 3.8) is 0 Å². The molecule has 0 aliphatic carbocycles. The lowest BCUT2D eigenvalue weighted by molar-refractivity contribution is 0.876. The van der Waals surface area contributed by atoms with Gasteiger partial charge in [-0.25, -0.2) is 9.50 Å². The zero-order valence-electron chi connectivity index (χ0n) is 14.6. The Hall–Kier alpha value is -2.62. The monoisotopic (exact) mass is 318 g/mol. The van der Waals surface area contributed by atoms with Crippen LogP contribution in [0.15, 0.2) is 36.8 Å². The van der Waals surface area contributed by atoms with Gasteiger partial charge in [0.25, 0.3) is 0 Å². The van der Waals surface area contributed by atoms with Crippen molar-refractivity contribution in [3.05, 3.63) is 53.5 Å². The Labute approximate surface area is 141 Å². The third-order valence-electron chi connectivity index (χ3n) is 4.74. The van der Waals surface area contributed by atoms with E-state index in [9.17, 15) is 0 Å². The zero-order valence-corrected chi connectivity index (χ0v) is 14.6. The Kier molecular flexibility index (Phi) is 3.41. The topological polar surface area (TPSA) is 46.0 Å². The van der Waals surface area contributed by atoms with Crippen molar-refractivity contribution in [1.29, 1.82) is 0 Å². The van der Waals surface area contributed by atoms with Gasteiger partial charge in [-0.1, -0.05) is 26.8 Å². The molecule has 1 aromatic carbocycles. The van der Waals surface area contributed by atoms with E-state index in [0.29, 0.717) is 5.92 Å². The summed E-state index contributed by atoms with van der Waals surface area (Å²) in [7, 11) is 0. The standard InChI is InChI=1S/C20H22N4/c1-5-14-6-7-17-16(9-14)18(12(2)3)19(23-17)15-8-13(4)20-21-11-22-24(20)10-15/h6-12,23H,5H2,1-4H3. The van der Waals surface area contributed by atoms with Gasteiger partial charge in [-0.2, -0.15) is 5.10 Å². The van der Waals surface area contributed by atoms with E-state index in [0.717, 1.165) is 23.2 Å². The van der Waals surface area contributed by atoms with E-state index < -0.39 is 0 Å². The third kappa shape index (κ3) is 2.21. The first-order valence-electron chi connectivity index (χ1n) is 8.53. The highest BCUT2D eigenvalue weighted by atomic mass is 15.3. The Balaban J connectivity index is 2.02. The second-order valence-corrected chi connectivity index (χ2v) is 6.74. The maximum absolute atomic E-state index is 4.32. The molecular weight excluding hydrogens is 296 g/mol. The van der Waals surface area contributed by atoms with Crippen molar-refractivity contribution in [2.24, 2.45) is 0 Å². The summed E-state index contributed by atoms with van der Waals surface area (Å²) in [6.07, 6.45) is 4.72. The number of H-pyrrole nitrogens is 1. The van der Waals surface area contributed by atoms with E-state index in [1.807, 2.05) is 4.52 Å². The van der Waals surface area contributed by atoms with Crippen molar-refractivity contribution in [3.8, 4) is 11.3 Å². The lowest BCUT2D eigenvalue weighted by atomic mass is 9.95. The maximum Gasteiger partial charge on any atom is 0.158 e. The number of benzene rings is 1. The molecule has 0 bridgehead atoms. The van der Waals surface area contributed by atoms with Crippen molar-refractivity contribution in [2.45, 2.75) is 40.0 Å². The molecule has 0 atom stereocenters. The van der Waals surface area contributed by atoms with Crippen molar-refractivity contribution < 1.29 is 0 Å². The van der Waals surface area contributed by atoms with Crippen LogP contribution in [0, 0.1) is 6.92 Å². The van der Waals surface area contributed by atoms with E-state index in [4.69, 9.17) is 0 Å². The first-order valence-corrected chi connectivity index (χ1v) is 8.53. The minimum absolute atomic E-state index is 0.438. The molecule has 3 aromatic heterocycles. The minimum atomic E-state index is 0.438. The fraction of sp³-hybridized carbons (Fsp3) is 0.300. The molecule has 24 heavy (non-hydrogen) atoms. The molecule has 3 heterocycles. The predicted molar refractivity (Wildman–Crippen MR) is 98.5 cm³/mol. The van der Waals surface area contributed by atoms with E-state index in [1.165, 1.54) is 27.7 Å². The number of hydrogen-bond donors (Lipinski definition) is 1. The van der Waals surface area contributed by atoms with Crippen molar-refractivity contribution in [1.82, 2.24) is 19.6 Å². The second kappa shape index (κ2) is 5.48. The molecule has 0 saturated carbocycles. The Morgan fingerprint density at radius 2 is 2.04 bits per heavy atom. The van der Waals surface area contributed by atoms with Gasteiger partial charge in [0.15, 0.2) is 5.65 Å². The number of aromatic amines is 1. The molecule has 0 spiro atoms. The summed E-state index contributed by atoms with van der Waals surface area (Å²) < 4.78 is 1.86. The Morgan fingerprint density at radius 1 is 1.21 bits per heavy atom. The van der Waals surface area contributed by atoms with Gasteiger partial charge in [-0.05, 0) is 54.2 Å². The molecule has 1 N–H and O–H groups in total. The predicted octanol–water partition coefficient (Wildman–Crippen LogP) is 4.87. The van der Waals surface area contributed by atoms with E-state index in [1.54, 1.807) is 6.33 Å². The highest BCUT2D eigenvalue weighted by molar-refractivity contribution is 5.92. The molecule has 122 valence electrons. The minimum Gasteiger partial charge on any atom is -0.354 e. The van der Waals surface area contributed by atoms with Gasteiger partial charge in [0.1, 0.15) is 6.33 Å². The number of pyridine rings is 1. The molecule has 4 rings (SSSR count). The van der Waals surface area contributed by atoms with Crippen LogP contribution in [0.25, 0.3) is 27.8 Å². The first kappa shape index (κ1) is 14.9. The molecule has 0 aliphatic heterocycles. The number of fused-ring (bicyclic) bond motifs is 2. The zero-order chi connectivity index (χ0) is 16.8. The van der Waals surface area contributed by atoms with Crippen LogP contribution in [-0.4, -0.2) is 19.6 Å². The summed E-state index contributed by atoms with van der Waals surface area (Å²) in [5.74, 6) is 0.438. The number of aryl methyl sites for hydroxylation is 2. The molecule has 0 saturated heterocycles. The first-order chi connectivity index (χ1) is 11.6. The molecule has 4 heteroatoms. The summed E-state index contributed by atoms with van der Waals surface area (Å²) in [5, 5.41) is 5.64. The summed E-state index contributed by atoms with van der Waals surface area (Å²) in [4.78, 5) is 7.95. The average molecular weight is 318 g/mol. The lowest BCUT2D eigenvalue weighted by Gasteiger charge is -2.10. The fourth-order valence-electron chi connectivity index (χ4n) is 3.54. The van der Waals surface area contributed by atoms with Gasteiger partial charge >= 0.3 is 0 Å². The Morgan fingerprint density at radius 3 is 2.79 bits per heavy atom. The van der Waals surface area contributed by atoms with Crippen molar-refractivity contribution in [2.75, 3.05) is 0 Å². The average Bonchev–Trinajstić information content (AvgIpc) is 3.18. The summed E-state index contributed by atoms with van der Waals surface area (Å²) in [6.45, 7) is 8.79. The van der Waals surface area contributed by atoms with Crippen LogP contribution < -0.4 is 0 Å². The maximum atomic E-state index is 4.32. The fourth-order valence-corrected chi connectivity index (χ4v) is 3.54.